The van der Waals surface area contributed by atoms with Crippen LogP contribution in [0.15, 0.2) is 29.2 Å². The maximum atomic E-state index is 13.2. The van der Waals surface area contributed by atoms with Crippen molar-refractivity contribution in [3.63, 3.8) is 0 Å². The Morgan fingerprint density at radius 1 is 0.962 bits per heavy atom. The number of alkyl halides is 3. The first-order valence-corrected chi connectivity index (χ1v) is 9.61. The smallest absolute Gasteiger partial charge is 0.274 e. The molecule has 3 rings (SSSR count). The Balaban J connectivity index is 1.90. The summed E-state index contributed by atoms with van der Waals surface area (Å²) in [6.07, 6.45) is -4.06. The minimum atomic E-state index is -4.64. The fourth-order valence-electron chi connectivity index (χ4n) is 3.29. The molecule has 0 bridgehead atoms. The molecule has 0 radical (unpaired) electrons. The number of hydrogen-bond donors (Lipinski definition) is 0. The highest BCUT2D eigenvalue weighted by molar-refractivity contribution is 7.89. The molecule has 0 aliphatic carbocycles. The topological polar surface area (TPSA) is 74.8 Å². The molecular weight excluding hydrogens is 373 g/mol. The summed E-state index contributed by atoms with van der Waals surface area (Å²) in [5.41, 5.74) is 0.211. The Morgan fingerprint density at radius 3 is 2.08 bits per heavy atom. The van der Waals surface area contributed by atoms with Gasteiger partial charge in [-0.05, 0) is 37.1 Å². The summed E-state index contributed by atoms with van der Waals surface area (Å²) in [4.78, 5) is 24.1. The fraction of sp³-hybridized carbons (Fsp3) is 0.500. The molecule has 1 unspecified atom stereocenters. The van der Waals surface area contributed by atoms with Crippen LogP contribution in [0.5, 0.6) is 0 Å². The van der Waals surface area contributed by atoms with Gasteiger partial charge < -0.3 is 0 Å². The van der Waals surface area contributed by atoms with Gasteiger partial charge in [-0.3, -0.25) is 14.5 Å². The molecule has 2 saturated heterocycles. The summed E-state index contributed by atoms with van der Waals surface area (Å²) in [5, 5.41) is 0. The fourth-order valence-corrected chi connectivity index (χ4v) is 4.97. The number of sulfonamides is 1. The number of nitrogens with zero attached hydrogens (tertiary/aromatic N) is 2. The average molecular weight is 390 g/mol. The van der Waals surface area contributed by atoms with E-state index in [1.807, 2.05) is 0 Å². The van der Waals surface area contributed by atoms with Crippen molar-refractivity contribution in [2.45, 2.75) is 49.2 Å². The minimum Gasteiger partial charge on any atom is -0.274 e. The third-order valence-electron chi connectivity index (χ3n) is 4.58. The molecule has 26 heavy (non-hydrogen) atoms. The molecule has 2 aliphatic heterocycles. The largest absolute Gasteiger partial charge is 0.405 e. The van der Waals surface area contributed by atoms with Crippen LogP contribution in [0.1, 0.15) is 32.1 Å². The second kappa shape index (κ2) is 6.66. The van der Waals surface area contributed by atoms with Crippen LogP contribution >= 0.6 is 0 Å². The molecule has 10 heteroatoms. The van der Waals surface area contributed by atoms with Crippen LogP contribution in [0.4, 0.5) is 18.9 Å². The van der Waals surface area contributed by atoms with Gasteiger partial charge in [-0.25, -0.2) is 8.42 Å². The number of anilines is 1. The zero-order valence-corrected chi connectivity index (χ0v) is 14.5. The summed E-state index contributed by atoms with van der Waals surface area (Å²) in [6.45, 7) is -0.197. The van der Waals surface area contributed by atoms with E-state index in [0.29, 0.717) is 17.1 Å². The number of imide groups is 1. The molecule has 2 aliphatic rings. The SMILES string of the molecule is O=C1CCC(=O)N1c1ccc(S(=O)(=O)N2CCCCC2C(F)(F)F)cc1. The van der Waals surface area contributed by atoms with Crippen LogP contribution in [-0.4, -0.2) is 43.3 Å². The molecule has 1 aromatic carbocycles. The van der Waals surface area contributed by atoms with E-state index in [0.717, 1.165) is 17.0 Å². The molecule has 1 atom stereocenters. The van der Waals surface area contributed by atoms with Crippen molar-refractivity contribution in [3.8, 4) is 0 Å². The summed E-state index contributed by atoms with van der Waals surface area (Å²) in [7, 11) is -4.34. The predicted molar refractivity (Wildman–Crippen MR) is 85.8 cm³/mol. The molecule has 142 valence electrons. The molecule has 2 fully saturated rings. The lowest BCUT2D eigenvalue weighted by molar-refractivity contribution is -0.177. The first kappa shape index (κ1) is 18.8. The van der Waals surface area contributed by atoms with Gasteiger partial charge in [0.15, 0.2) is 0 Å². The predicted octanol–water partition coefficient (Wildman–Crippen LogP) is 2.45. The normalized spacial score (nSPS) is 22.9. The standard InChI is InChI=1S/C16H17F3N2O4S/c17-16(18,19)13-3-1-2-10-20(13)26(24,25)12-6-4-11(5-7-12)21-14(22)8-9-15(21)23/h4-7,13H,1-3,8-10H2. The molecule has 1 aromatic rings. The van der Waals surface area contributed by atoms with Crippen LogP contribution < -0.4 is 4.90 Å². The maximum absolute atomic E-state index is 13.2. The van der Waals surface area contributed by atoms with Crippen molar-refractivity contribution in [1.82, 2.24) is 4.31 Å². The van der Waals surface area contributed by atoms with Crippen LogP contribution in [0, 0.1) is 0 Å². The number of hydrogen-bond acceptors (Lipinski definition) is 4. The number of carbonyl (C=O) groups excluding carboxylic acids is 2. The van der Waals surface area contributed by atoms with Crippen LogP contribution in [0.25, 0.3) is 0 Å². The van der Waals surface area contributed by atoms with Crippen molar-refractivity contribution in [2.75, 3.05) is 11.4 Å². The van der Waals surface area contributed by atoms with Crippen LogP contribution in [-0.2, 0) is 19.6 Å². The van der Waals surface area contributed by atoms with Crippen molar-refractivity contribution < 1.29 is 31.2 Å². The Hall–Kier alpha value is -1.94. The number of carbonyl (C=O) groups is 2. The Labute approximate surface area is 148 Å². The molecule has 0 N–H and O–H groups in total. The number of halogens is 3. The molecule has 0 saturated carbocycles. The molecule has 6 nitrogen and oxygen atoms in total. The van der Waals surface area contributed by atoms with E-state index in [-0.39, 0.29) is 36.4 Å². The Morgan fingerprint density at radius 2 is 1.54 bits per heavy atom. The minimum absolute atomic E-state index is 0.0833. The highest BCUT2D eigenvalue weighted by Crippen LogP contribution is 2.35. The second-order valence-electron chi connectivity index (χ2n) is 6.29. The Kier molecular flexibility index (Phi) is 4.82. The van der Waals surface area contributed by atoms with Gasteiger partial charge in [-0.15, -0.1) is 0 Å². The van der Waals surface area contributed by atoms with Crippen molar-refractivity contribution in [2.24, 2.45) is 0 Å². The van der Waals surface area contributed by atoms with E-state index >= 15 is 0 Å². The highest BCUT2D eigenvalue weighted by atomic mass is 32.2. The van der Waals surface area contributed by atoms with E-state index in [9.17, 15) is 31.2 Å². The molecule has 0 aromatic heterocycles. The zero-order valence-electron chi connectivity index (χ0n) is 13.7. The van der Waals surface area contributed by atoms with Crippen molar-refractivity contribution in [3.05, 3.63) is 24.3 Å². The van der Waals surface area contributed by atoms with Gasteiger partial charge in [0.2, 0.25) is 21.8 Å². The average Bonchev–Trinajstić information content (AvgIpc) is 2.93. The summed E-state index contributed by atoms with van der Waals surface area (Å²) >= 11 is 0. The van der Waals surface area contributed by atoms with Gasteiger partial charge in [0.05, 0.1) is 10.6 Å². The van der Waals surface area contributed by atoms with Gasteiger partial charge in [0, 0.05) is 19.4 Å². The van der Waals surface area contributed by atoms with Crippen molar-refractivity contribution in [1.29, 1.82) is 0 Å². The van der Waals surface area contributed by atoms with Crippen LogP contribution in [0.2, 0.25) is 0 Å². The van der Waals surface area contributed by atoms with E-state index in [2.05, 4.69) is 0 Å². The number of piperidine rings is 1. The van der Waals surface area contributed by atoms with Gasteiger partial charge in [0.25, 0.3) is 0 Å². The van der Waals surface area contributed by atoms with Gasteiger partial charge in [-0.2, -0.15) is 17.5 Å². The first-order valence-electron chi connectivity index (χ1n) is 8.17. The van der Waals surface area contributed by atoms with Crippen LogP contribution in [0.3, 0.4) is 0 Å². The summed E-state index contributed by atoms with van der Waals surface area (Å²) < 4.78 is 65.5. The third-order valence-corrected chi connectivity index (χ3v) is 6.51. The monoisotopic (exact) mass is 390 g/mol. The molecule has 2 heterocycles. The lowest BCUT2D eigenvalue weighted by Gasteiger charge is -2.35. The van der Waals surface area contributed by atoms with E-state index in [1.54, 1.807) is 0 Å². The van der Waals surface area contributed by atoms with E-state index in [1.165, 1.54) is 12.1 Å². The van der Waals surface area contributed by atoms with E-state index < -0.39 is 34.1 Å². The van der Waals surface area contributed by atoms with Gasteiger partial charge in [0.1, 0.15) is 6.04 Å². The third kappa shape index (κ3) is 3.35. The number of rotatable bonds is 3. The lowest BCUT2D eigenvalue weighted by Crippen LogP contribution is -2.51. The maximum Gasteiger partial charge on any atom is 0.405 e. The van der Waals surface area contributed by atoms with E-state index in [4.69, 9.17) is 0 Å². The quantitative estimate of drug-likeness (QED) is 0.743. The second-order valence-corrected chi connectivity index (χ2v) is 8.18. The first-order chi connectivity index (χ1) is 12.1. The van der Waals surface area contributed by atoms with Gasteiger partial charge >= 0.3 is 6.18 Å². The number of benzene rings is 1. The molecule has 0 spiro atoms. The summed E-state index contributed by atoms with van der Waals surface area (Å²) in [5.74, 6) is -0.780. The molecule has 2 amide bonds. The van der Waals surface area contributed by atoms with Gasteiger partial charge in [-0.1, -0.05) is 6.42 Å². The highest BCUT2D eigenvalue weighted by Gasteiger charge is 2.49. The zero-order chi connectivity index (χ0) is 19.1. The van der Waals surface area contributed by atoms with Crippen molar-refractivity contribution >= 4 is 27.5 Å². The number of amides is 2. The molecular formula is C16H17F3N2O4S. The lowest BCUT2D eigenvalue weighted by atomic mass is 10.0. The Bertz CT molecular complexity index is 805. The summed E-state index contributed by atoms with van der Waals surface area (Å²) in [6, 6.07) is 2.75.